The number of nitrogens with zero attached hydrogens (tertiary/aromatic N) is 2. The summed E-state index contributed by atoms with van der Waals surface area (Å²) in [5.74, 6) is -0.268. The third-order valence-electron chi connectivity index (χ3n) is 3.57. The van der Waals surface area contributed by atoms with E-state index in [2.05, 4.69) is 0 Å². The number of hydrogen-bond donors (Lipinski definition) is 1. The minimum Gasteiger partial charge on any atom is -0.484 e. The Hall–Kier alpha value is -2.81. The number of rotatable bonds is 5. The van der Waals surface area contributed by atoms with E-state index in [4.69, 9.17) is 10.5 Å². The van der Waals surface area contributed by atoms with Crippen molar-refractivity contribution in [1.82, 2.24) is 4.90 Å². The monoisotopic (exact) mass is 313 g/mol. The maximum atomic E-state index is 12.3. The summed E-state index contributed by atoms with van der Waals surface area (Å²) < 4.78 is 5.16. The van der Waals surface area contributed by atoms with Gasteiger partial charge in [0, 0.05) is 13.1 Å². The molecule has 1 aromatic rings. The molecular formula is C17H19N3O3. The number of carbonyl (C=O) groups excluding carboxylic acids is 2. The number of piperidine rings is 1. The average Bonchev–Trinajstić information content (AvgIpc) is 2.59. The lowest BCUT2D eigenvalue weighted by Gasteiger charge is -2.26. The first kappa shape index (κ1) is 16.6. The van der Waals surface area contributed by atoms with Crippen LogP contribution in [0.25, 0.3) is 6.08 Å². The number of likely N-dealkylation sites (tertiary alicyclic amines) is 1. The third-order valence-corrected chi connectivity index (χ3v) is 3.57. The van der Waals surface area contributed by atoms with Gasteiger partial charge in [0.15, 0.2) is 6.61 Å². The molecule has 0 aromatic heterocycles. The zero-order valence-electron chi connectivity index (χ0n) is 12.8. The fourth-order valence-electron chi connectivity index (χ4n) is 2.39. The Balaban J connectivity index is 2.06. The van der Waals surface area contributed by atoms with E-state index in [-0.39, 0.29) is 18.1 Å². The van der Waals surface area contributed by atoms with Gasteiger partial charge in [-0.05, 0) is 43.0 Å². The number of benzene rings is 1. The molecule has 1 aliphatic rings. The van der Waals surface area contributed by atoms with Gasteiger partial charge in [0.1, 0.15) is 17.4 Å². The molecule has 0 radical (unpaired) electrons. The Morgan fingerprint density at radius 1 is 1.22 bits per heavy atom. The van der Waals surface area contributed by atoms with Crippen molar-refractivity contribution in [3.05, 3.63) is 35.4 Å². The van der Waals surface area contributed by atoms with Crippen molar-refractivity contribution in [1.29, 1.82) is 5.26 Å². The summed E-state index contributed by atoms with van der Waals surface area (Å²) in [5.41, 5.74) is 5.85. The highest BCUT2D eigenvalue weighted by Gasteiger charge is 2.20. The zero-order valence-corrected chi connectivity index (χ0v) is 12.8. The highest BCUT2D eigenvalue weighted by Crippen LogP contribution is 2.17. The van der Waals surface area contributed by atoms with E-state index in [0.29, 0.717) is 18.8 Å². The molecule has 0 atom stereocenters. The average molecular weight is 313 g/mol. The fourth-order valence-corrected chi connectivity index (χ4v) is 2.39. The molecule has 0 unspecified atom stereocenters. The van der Waals surface area contributed by atoms with Crippen LogP contribution in [0.15, 0.2) is 29.8 Å². The van der Waals surface area contributed by atoms with Gasteiger partial charge >= 0.3 is 0 Å². The Labute approximate surface area is 135 Å². The number of primary amides is 1. The topological polar surface area (TPSA) is 96.4 Å². The molecule has 6 nitrogen and oxygen atoms in total. The molecule has 1 aromatic carbocycles. The van der Waals surface area contributed by atoms with Crippen molar-refractivity contribution in [3.8, 4) is 11.8 Å². The molecule has 1 saturated heterocycles. The summed E-state index contributed by atoms with van der Waals surface area (Å²) in [7, 11) is 0. The first-order valence-electron chi connectivity index (χ1n) is 7.52. The molecule has 0 bridgehead atoms. The molecule has 2 N–H and O–H groups in total. The highest BCUT2D eigenvalue weighted by atomic mass is 16.5. The van der Waals surface area contributed by atoms with Gasteiger partial charge in [0.2, 0.25) is 0 Å². The SMILES string of the molecule is N#C/C(=C\c1ccc(OCC(N)=O)cc1)C(=O)N1CCCCC1. The first-order valence-corrected chi connectivity index (χ1v) is 7.52. The second-order valence-electron chi connectivity index (χ2n) is 5.35. The minimum atomic E-state index is -0.548. The minimum absolute atomic E-state index is 0.123. The lowest BCUT2D eigenvalue weighted by Crippen LogP contribution is -2.36. The summed E-state index contributed by atoms with van der Waals surface area (Å²) in [5, 5.41) is 9.25. The normalized spacial score (nSPS) is 14.9. The van der Waals surface area contributed by atoms with Crippen LogP contribution in [0, 0.1) is 11.3 Å². The Kier molecular flexibility index (Phi) is 5.75. The number of nitriles is 1. The number of hydrogen-bond acceptors (Lipinski definition) is 4. The van der Waals surface area contributed by atoms with Gasteiger partial charge in [-0.15, -0.1) is 0 Å². The van der Waals surface area contributed by atoms with Crippen LogP contribution >= 0.6 is 0 Å². The van der Waals surface area contributed by atoms with E-state index in [1.54, 1.807) is 35.2 Å². The standard InChI is InChI=1S/C17H19N3O3/c18-11-14(17(22)20-8-2-1-3-9-20)10-13-4-6-15(7-5-13)23-12-16(19)21/h4-7,10H,1-3,8-9,12H2,(H2,19,21)/b14-10+. The third kappa shape index (κ3) is 4.85. The van der Waals surface area contributed by atoms with E-state index < -0.39 is 5.91 Å². The highest BCUT2D eigenvalue weighted by molar-refractivity contribution is 6.01. The van der Waals surface area contributed by atoms with Crippen molar-refractivity contribution in [2.75, 3.05) is 19.7 Å². The van der Waals surface area contributed by atoms with Crippen molar-refractivity contribution < 1.29 is 14.3 Å². The number of amides is 2. The number of carbonyl (C=O) groups is 2. The van der Waals surface area contributed by atoms with Gasteiger partial charge < -0.3 is 15.4 Å². The molecule has 6 heteroatoms. The molecule has 0 saturated carbocycles. The fraction of sp³-hybridized carbons (Fsp3) is 0.353. The summed E-state index contributed by atoms with van der Waals surface area (Å²) in [4.78, 5) is 24.7. The molecule has 0 spiro atoms. The summed E-state index contributed by atoms with van der Waals surface area (Å²) in [6.07, 6.45) is 4.66. The van der Waals surface area contributed by atoms with Crippen LogP contribution in [0.5, 0.6) is 5.75 Å². The predicted molar refractivity (Wildman–Crippen MR) is 85.2 cm³/mol. The van der Waals surface area contributed by atoms with Crippen LogP contribution in [0.1, 0.15) is 24.8 Å². The van der Waals surface area contributed by atoms with E-state index >= 15 is 0 Å². The molecule has 2 rings (SSSR count). The maximum Gasteiger partial charge on any atom is 0.264 e. The Morgan fingerprint density at radius 2 is 1.87 bits per heavy atom. The van der Waals surface area contributed by atoms with E-state index in [1.807, 2.05) is 6.07 Å². The summed E-state index contributed by atoms with van der Waals surface area (Å²) in [6, 6.07) is 8.74. The quantitative estimate of drug-likeness (QED) is 0.657. The Bertz CT molecular complexity index is 638. The van der Waals surface area contributed by atoms with E-state index in [9.17, 15) is 14.9 Å². The van der Waals surface area contributed by atoms with Crippen molar-refractivity contribution in [2.45, 2.75) is 19.3 Å². The van der Waals surface area contributed by atoms with E-state index in [0.717, 1.165) is 24.8 Å². The second-order valence-corrected chi connectivity index (χ2v) is 5.35. The van der Waals surface area contributed by atoms with Gasteiger partial charge in [-0.2, -0.15) is 5.26 Å². The van der Waals surface area contributed by atoms with Gasteiger partial charge in [-0.3, -0.25) is 9.59 Å². The first-order chi connectivity index (χ1) is 11.1. The lowest BCUT2D eigenvalue weighted by molar-refractivity contribution is -0.127. The predicted octanol–water partition coefficient (Wildman–Crippen LogP) is 1.47. The Morgan fingerprint density at radius 3 is 2.43 bits per heavy atom. The van der Waals surface area contributed by atoms with Gasteiger partial charge in [-0.25, -0.2) is 0 Å². The number of ether oxygens (including phenoxy) is 1. The summed E-state index contributed by atoms with van der Waals surface area (Å²) >= 11 is 0. The molecular weight excluding hydrogens is 294 g/mol. The van der Waals surface area contributed by atoms with Crippen LogP contribution in [0.2, 0.25) is 0 Å². The van der Waals surface area contributed by atoms with Crippen molar-refractivity contribution in [3.63, 3.8) is 0 Å². The van der Waals surface area contributed by atoms with Crippen LogP contribution < -0.4 is 10.5 Å². The van der Waals surface area contributed by atoms with Gasteiger partial charge in [0.25, 0.3) is 11.8 Å². The molecule has 0 aliphatic carbocycles. The summed E-state index contributed by atoms with van der Waals surface area (Å²) in [6.45, 7) is 1.22. The van der Waals surface area contributed by atoms with Crippen LogP contribution in [-0.4, -0.2) is 36.4 Å². The maximum absolute atomic E-state index is 12.3. The van der Waals surface area contributed by atoms with Crippen molar-refractivity contribution in [2.24, 2.45) is 5.73 Å². The molecule has 1 aliphatic heterocycles. The second kappa shape index (κ2) is 7.99. The number of nitrogens with two attached hydrogens (primary N) is 1. The van der Waals surface area contributed by atoms with E-state index in [1.165, 1.54) is 0 Å². The molecule has 120 valence electrons. The van der Waals surface area contributed by atoms with Crippen LogP contribution in [0.3, 0.4) is 0 Å². The largest absolute Gasteiger partial charge is 0.484 e. The van der Waals surface area contributed by atoms with Crippen LogP contribution in [-0.2, 0) is 9.59 Å². The molecule has 23 heavy (non-hydrogen) atoms. The van der Waals surface area contributed by atoms with Gasteiger partial charge in [0.05, 0.1) is 0 Å². The van der Waals surface area contributed by atoms with Gasteiger partial charge in [-0.1, -0.05) is 12.1 Å². The lowest BCUT2D eigenvalue weighted by atomic mass is 10.1. The smallest absolute Gasteiger partial charge is 0.264 e. The molecule has 1 fully saturated rings. The molecule has 1 heterocycles. The zero-order chi connectivity index (χ0) is 16.7. The van der Waals surface area contributed by atoms with Crippen LogP contribution in [0.4, 0.5) is 0 Å². The van der Waals surface area contributed by atoms with Crippen molar-refractivity contribution >= 4 is 17.9 Å². The molecule has 2 amide bonds.